The Morgan fingerprint density at radius 3 is 2.72 bits per heavy atom. The number of benzene rings is 1. The van der Waals surface area contributed by atoms with Crippen LogP contribution < -0.4 is 5.32 Å². The van der Waals surface area contributed by atoms with E-state index >= 15 is 0 Å². The summed E-state index contributed by atoms with van der Waals surface area (Å²) < 4.78 is 14.5. The zero-order valence-corrected chi connectivity index (χ0v) is 12.0. The molecular weight excluding hydrogens is 315 g/mol. The zero-order valence-electron chi connectivity index (χ0n) is 9.58. The summed E-state index contributed by atoms with van der Waals surface area (Å²) in [6.45, 7) is 1.97. The largest absolute Gasteiger partial charge is 0.363 e. The fourth-order valence-corrected chi connectivity index (χ4v) is 3.08. The molecule has 0 saturated heterocycles. The highest BCUT2D eigenvalue weighted by molar-refractivity contribution is 9.10. The van der Waals surface area contributed by atoms with Gasteiger partial charge >= 0.3 is 0 Å². The van der Waals surface area contributed by atoms with Gasteiger partial charge in [0, 0.05) is 14.2 Å². The number of anilines is 1. The Kier molecular flexibility index (Phi) is 4.00. The number of nitrogens with zero attached hydrogens (tertiary/aromatic N) is 1. The van der Waals surface area contributed by atoms with E-state index in [0.717, 1.165) is 14.2 Å². The number of thiophene rings is 1. The molecule has 0 saturated carbocycles. The van der Waals surface area contributed by atoms with Gasteiger partial charge in [-0.15, -0.1) is 11.3 Å². The first kappa shape index (κ1) is 13.1. The van der Waals surface area contributed by atoms with Crippen molar-refractivity contribution in [2.75, 3.05) is 5.32 Å². The van der Waals surface area contributed by atoms with Gasteiger partial charge in [-0.3, -0.25) is 0 Å². The molecule has 0 aliphatic carbocycles. The molecule has 1 unspecified atom stereocenters. The fourth-order valence-electron chi connectivity index (χ4n) is 1.52. The summed E-state index contributed by atoms with van der Waals surface area (Å²) in [6.07, 6.45) is 0. The van der Waals surface area contributed by atoms with Gasteiger partial charge in [0.2, 0.25) is 0 Å². The Labute approximate surface area is 117 Å². The number of hydrogen-bond acceptors (Lipinski definition) is 3. The minimum atomic E-state index is -0.545. The Bertz CT molecular complexity index is 584. The predicted molar refractivity (Wildman–Crippen MR) is 75.1 cm³/mol. The van der Waals surface area contributed by atoms with E-state index in [-0.39, 0.29) is 5.82 Å². The number of para-hydroxylation sites is 1. The molecule has 92 valence electrons. The van der Waals surface area contributed by atoms with Gasteiger partial charge < -0.3 is 5.32 Å². The van der Waals surface area contributed by atoms with Crippen LogP contribution in [-0.2, 0) is 0 Å². The highest BCUT2D eigenvalue weighted by Crippen LogP contribution is 2.32. The second kappa shape index (κ2) is 5.51. The van der Waals surface area contributed by atoms with Crippen LogP contribution in [0.3, 0.4) is 0 Å². The maximum absolute atomic E-state index is 13.5. The lowest BCUT2D eigenvalue weighted by Crippen LogP contribution is -2.08. The molecule has 1 N–H and O–H groups in total. The van der Waals surface area contributed by atoms with Crippen molar-refractivity contribution in [2.24, 2.45) is 0 Å². The molecule has 2 nitrogen and oxygen atoms in total. The number of halogens is 2. The van der Waals surface area contributed by atoms with Crippen LogP contribution in [0.25, 0.3) is 0 Å². The second-order valence-corrected chi connectivity index (χ2v) is 5.88. The minimum Gasteiger partial charge on any atom is -0.363 e. The van der Waals surface area contributed by atoms with Crippen LogP contribution in [0, 0.1) is 24.1 Å². The summed E-state index contributed by atoms with van der Waals surface area (Å²) in [5.74, 6) is -0.356. The molecule has 0 bridgehead atoms. The molecule has 0 spiro atoms. The molecule has 0 aliphatic heterocycles. The lowest BCUT2D eigenvalue weighted by molar-refractivity contribution is 0.629. The van der Waals surface area contributed by atoms with Crippen LogP contribution in [0.15, 0.2) is 34.8 Å². The van der Waals surface area contributed by atoms with Crippen LogP contribution in [-0.4, -0.2) is 0 Å². The third-order valence-corrected chi connectivity index (χ3v) is 4.67. The SMILES string of the molecule is Cc1sc(C(C#N)Nc2ccccc2F)cc1Br. The van der Waals surface area contributed by atoms with E-state index in [4.69, 9.17) is 0 Å². The van der Waals surface area contributed by atoms with E-state index in [0.29, 0.717) is 5.69 Å². The lowest BCUT2D eigenvalue weighted by atomic mass is 10.2. The molecule has 0 radical (unpaired) electrons. The van der Waals surface area contributed by atoms with Gasteiger partial charge in [-0.1, -0.05) is 12.1 Å². The molecule has 1 aromatic heterocycles. The van der Waals surface area contributed by atoms with Gasteiger partial charge in [0.25, 0.3) is 0 Å². The first-order valence-corrected chi connectivity index (χ1v) is 6.89. The quantitative estimate of drug-likeness (QED) is 0.893. The summed E-state index contributed by atoms with van der Waals surface area (Å²) in [7, 11) is 0. The van der Waals surface area contributed by atoms with Crippen molar-refractivity contribution < 1.29 is 4.39 Å². The maximum atomic E-state index is 13.5. The molecule has 0 fully saturated rings. The number of nitrogens with one attached hydrogen (secondary N) is 1. The van der Waals surface area contributed by atoms with E-state index in [2.05, 4.69) is 27.3 Å². The molecule has 2 rings (SSSR count). The summed E-state index contributed by atoms with van der Waals surface area (Å²) >= 11 is 4.93. The zero-order chi connectivity index (χ0) is 13.1. The summed E-state index contributed by atoms with van der Waals surface area (Å²) in [5.41, 5.74) is 0.339. The monoisotopic (exact) mass is 324 g/mol. The standard InChI is InChI=1S/C13H10BrFN2S/c1-8-9(14)6-13(18-8)12(7-16)17-11-5-3-2-4-10(11)15/h2-6,12,17H,1H3. The predicted octanol–water partition coefficient (Wildman–Crippen LogP) is 4.63. The third kappa shape index (κ3) is 2.71. The first-order valence-electron chi connectivity index (χ1n) is 5.28. The summed E-state index contributed by atoms with van der Waals surface area (Å²) in [4.78, 5) is 1.96. The first-order chi connectivity index (χ1) is 8.61. The van der Waals surface area contributed by atoms with Crippen molar-refractivity contribution in [3.8, 4) is 6.07 Å². The van der Waals surface area contributed by atoms with Crippen molar-refractivity contribution in [3.63, 3.8) is 0 Å². The van der Waals surface area contributed by atoms with Crippen molar-refractivity contribution in [2.45, 2.75) is 13.0 Å². The Balaban J connectivity index is 2.26. The van der Waals surface area contributed by atoms with Crippen molar-refractivity contribution >= 4 is 33.0 Å². The second-order valence-electron chi connectivity index (χ2n) is 3.74. The highest BCUT2D eigenvalue weighted by atomic mass is 79.9. The van der Waals surface area contributed by atoms with Gasteiger partial charge in [-0.25, -0.2) is 4.39 Å². The Hall–Kier alpha value is -1.38. The fraction of sp³-hybridized carbons (Fsp3) is 0.154. The smallest absolute Gasteiger partial charge is 0.149 e. The molecule has 0 amide bonds. The average Bonchev–Trinajstić information content (AvgIpc) is 2.68. The number of aryl methyl sites for hydroxylation is 1. The number of nitriles is 1. The van der Waals surface area contributed by atoms with E-state index in [1.807, 2.05) is 13.0 Å². The Morgan fingerprint density at radius 2 is 2.17 bits per heavy atom. The van der Waals surface area contributed by atoms with Crippen LogP contribution in [0.1, 0.15) is 15.8 Å². The van der Waals surface area contributed by atoms with Crippen LogP contribution >= 0.6 is 27.3 Å². The average molecular weight is 325 g/mol. The normalized spacial score (nSPS) is 11.9. The van der Waals surface area contributed by atoms with E-state index in [1.165, 1.54) is 17.4 Å². The van der Waals surface area contributed by atoms with Gasteiger partial charge in [-0.05, 0) is 41.1 Å². The summed E-state index contributed by atoms with van der Waals surface area (Å²) in [6, 6.07) is 9.83. The van der Waals surface area contributed by atoms with Crippen molar-refractivity contribution in [3.05, 3.63) is 50.4 Å². The molecular formula is C13H10BrFN2S. The van der Waals surface area contributed by atoms with Gasteiger partial charge in [0.1, 0.15) is 11.9 Å². The van der Waals surface area contributed by atoms with Crippen LogP contribution in [0.5, 0.6) is 0 Å². The molecule has 5 heteroatoms. The van der Waals surface area contributed by atoms with Crippen LogP contribution in [0.2, 0.25) is 0 Å². The Morgan fingerprint density at radius 1 is 1.44 bits per heavy atom. The molecule has 0 aliphatic rings. The lowest BCUT2D eigenvalue weighted by Gasteiger charge is -2.11. The summed E-state index contributed by atoms with van der Waals surface area (Å²) in [5, 5.41) is 12.1. The third-order valence-electron chi connectivity index (χ3n) is 2.46. The number of rotatable bonds is 3. The molecule has 18 heavy (non-hydrogen) atoms. The topological polar surface area (TPSA) is 35.8 Å². The minimum absolute atomic E-state index is 0.339. The molecule has 1 aromatic carbocycles. The maximum Gasteiger partial charge on any atom is 0.149 e. The van der Waals surface area contributed by atoms with E-state index in [1.54, 1.807) is 18.2 Å². The van der Waals surface area contributed by atoms with E-state index < -0.39 is 6.04 Å². The highest BCUT2D eigenvalue weighted by Gasteiger charge is 2.15. The van der Waals surface area contributed by atoms with Crippen molar-refractivity contribution in [1.82, 2.24) is 0 Å². The number of hydrogen-bond donors (Lipinski definition) is 1. The molecule has 2 aromatic rings. The molecule has 1 atom stereocenters. The van der Waals surface area contributed by atoms with Crippen molar-refractivity contribution in [1.29, 1.82) is 5.26 Å². The van der Waals surface area contributed by atoms with Gasteiger partial charge in [-0.2, -0.15) is 5.26 Å². The van der Waals surface area contributed by atoms with Crippen LogP contribution in [0.4, 0.5) is 10.1 Å². The molecule has 1 heterocycles. The van der Waals surface area contributed by atoms with E-state index in [9.17, 15) is 9.65 Å². The van der Waals surface area contributed by atoms with Gasteiger partial charge in [0.15, 0.2) is 0 Å². The van der Waals surface area contributed by atoms with Gasteiger partial charge in [0.05, 0.1) is 11.8 Å².